The molecule has 8 nitrogen and oxygen atoms in total. The SMILES string of the molecule is O=C(NCC1CN(c2cc(F)c(N3CCNNCC3)c(F)c2)C(=O)O1)C(F)F. The average molecular weight is 405 g/mol. The lowest BCUT2D eigenvalue weighted by Gasteiger charge is -2.24. The zero-order chi connectivity index (χ0) is 20.3. The molecular formula is C16H19F4N5O3. The minimum Gasteiger partial charge on any atom is -0.442 e. The van der Waals surface area contributed by atoms with Gasteiger partial charge in [0.15, 0.2) is 11.6 Å². The number of nitrogens with one attached hydrogen (secondary N) is 3. The summed E-state index contributed by atoms with van der Waals surface area (Å²) in [5.41, 5.74) is 5.54. The molecule has 1 aromatic carbocycles. The molecule has 0 bridgehead atoms. The molecule has 1 atom stereocenters. The first-order valence-electron chi connectivity index (χ1n) is 8.60. The molecule has 3 N–H and O–H groups in total. The lowest BCUT2D eigenvalue weighted by molar-refractivity contribution is -0.132. The fourth-order valence-corrected chi connectivity index (χ4v) is 3.03. The predicted octanol–water partition coefficient (Wildman–Crippen LogP) is 0.585. The highest BCUT2D eigenvalue weighted by Gasteiger charge is 2.34. The van der Waals surface area contributed by atoms with E-state index in [1.54, 1.807) is 4.90 Å². The number of amides is 2. The van der Waals surface area contributed by atoms with E-state index in [0.717, 1.165) is 17.0 Å². The van der Waals surface area contributed by atoms with Crippen LogP contribution in [0.25, 0.3) is 0 Å². The number of nitrogens with zero attached hydrogens (tertiary/aromatic N) is 2. The van der Waals surface area contributed by atoms with Gasteiger partial charge in [-0.05, 0) is 0 Å². The van der Waals surface area contributed by atoms with Crippen LogP contribution in [-0.4, -0.2) is 63.8 Å². The van der Waals surface area contributed by atoms with Gasteiger partial charge in [-0.1, -0.05) is 0 Å². The maximum Gasteiger partial charge on any atom is 0.414 e. The lowest BCUT2D eigenvalue weighted by atomic mass is 10.2. The molecule has 0 aromatic heterocycles. The number of halogens is 4. The molecule has 0 aliphatic carbocycles. The van der Waals surface area contributed by atoms with Crippen molar-refractivity contribution in [3.63, 3.8) is 0 Å². The first-order chi connectivity index (χ1) is 13.4. The van der Waals surface area contributed by atoms with E-state index < -0.39 is 36.2 Å². The first kappa shape index (κ1) is 20.1. The minimum atomic E-state index is -3.19. The Bertz CT molecular complexity index is 720. The fraction of sp³-hybridized carbons (Fsp3) is 0.500. The molecule has 2 fully saturated rings. The zero-order valence-corrected chi connectivity index (χ0v) is 14.7. The molecule has 28 heavy (non-hydrogen) atoms. The van der Waals surface area contributed by atoms with E-state index >= 15 is 0 Å². The third-order valence-electron chi connectivity index (χ3n) is 4.34. The second-order valence-corrected chi connectivity index (χ2v) is 6.26. The maximum absolute atomic E-state index is 14.6. The van der Waals surface area contributed by atoms with Crippen molar-refractivity contribution in [1.29, 1.82) is 0 Å². The van der Waals surface area contributed by atoms with Crippen LogP contribution in [0, 0.1) is 11.6 Å². The molecule has 1 unspecified atom stereocenters. The molecule has 3 rings (SSSR count). The number of carbonyl (C=O) groups is 2. The van der Waals surface area contributed by atoms with Gasteiger partial charge in [-0.25, -0.2) is 13.6 Å². The summed E-state index contributed by atoms with van der Waals surface area (Å²) in [6.07, 6.45) is -4.98. The number of anilines is 2. The third kappa shape index (κ3) is 4.44. The summed E-state index contributed by atoms with van der Waals surface area (Å²) in [4.78, 5) is 25.4. The van der Waals surface area contributed by atoms with Crippen molar-refractivity contribution in [2.75, 3.05) is 49.1 Å². The van der Waals surface area contributed by atoms with Crippen LogP contribution in [0.1, 0.15) is 0 Å². The molecule has 2 aliphatic heterocycles. The highest BCUT2D eigenvalue weighted by Crippen LogP contribution is 2.31. The molecule has 2 saturated heterocycles. The molecule has 0 radical (unpaired) electrons. The van der Waals surface area contributed by atoms with Gasteiger partial charge in [0.05, 0.1) is 18.8 Å². The number of ether oxygens (including phenoxy) is 1. The Kier molecular flexibility index (Phi) is 6.19. The number of hydrogen-bond donors (Lipinski definition) is 3. The Hall–Kier alpha value is -2.60. The number of cyclic esters (lactones) is 1. The van der Waals surface area contributed by atoms with E-state index in [1.807, 2.05) is 5.32 Å². The van der Waals surface area contributed by atoms with E-state index in [0.29, 0.717) is 26.2 Å². The summed E-state index contributed by atoms with van der Waals surface area (Å²) in [5.74, 6) is -3.16. The number of hydrazine groups is 1. The van der Waals surface area contributed by atoms with E-state index in [1.165, 1.54) is 0 Å². The van der Waals surface area contributed by atoms with Crippen LogP contribution >= 0.6 is 0 Å². The summed E-state index contributed by atoms with van der Waals surface area (Å²) < 4.78 is 58.6. The normalized spacial score (nSPS) is 20.3. The first-order valence-corrected chi connectivity index (χ1v) is 8.60. The molecule has 2 amide bonds. The van der Waals surface area contributed by atoms with Gasteiger partial charge < -0.3 is 15.0 Å². The smallest absolute Gasteiger partial charge is 0.414 e. The van der Waals surface area contributed by atoms with Crippen molar-refractivity contribution in [2.45, 2.75) is 12.5 Å². The summed E-state index contributed by atoms with van der Waals surface area (Å²) >= 11 is 0. The fourth-order valence-electron chi connectivity index (χ4n) is 3.03. The number of rotatable bonds is 5. The summed E-state index contributed by atoms with van der Waals surface area (Å²) in [6.45, 7) is 1.28. The van der Waals surface area contributed by atoms with Crippen molar-refractivity contribution < 1.29 is 31.9 Å². The van der Waals surface area contributed by atoms with Crippen LogP contribution in [0.5, 0.6) is 0 Å². The number of alkyl halides is 2. The quantitative estimate of drug-likeness (QED) is 0.622. The molecule has 2 heterocycles. The molecular weight excluding hydrogens is 386 g/mol. The van der Waals surface area contributed by atoms with Gasteiger partial charge in [-0.3, -0.25) is 20.5 Å². The average Bonchev–Trinajstić information content (AvgIpc) is 2.83. The van der Waals surface area contributed by atoms with Crippen LogP contribution in [-0.2, 0) is 9.53 Å². The van der Waals surface area contributed by atoms with Crippen LogP contribution in [0.4, 0.5) is 33.7 Å². The Balaban J connectivity index is 1.71. The minimum absolute atomic E-state index is 0.0579. The van der Waals surface area contributed by atoms with Gasteiger partial charge >= 0.3 is 12.5 Å². The van der Waals surface area contributed by atoms with Crippen molar-refractivity contribution in [3.05, 3.63) is 23.8 Å². The van der Waals surface area contributed by atoms with Gasteiger partial charge in [0.1, 0.15) is 11.8 Å². The second kappa shape index (κ2) is 8.61. The monoisotopic (exact) mass is 405 g/mol. The molecule has 154 valence electrons. The molecule has 0 saturated carbocycles. The van der Waals surface area contributed by atoms with Crippen molar-refractivity contribution in [3.8, 4) is 0 Å². The van der Waals surface area contributed by atoms with Crippen LogP contribution in [0.3, 0.4) is 0 Å². The Labute approximate surface area is 157 Å². The highest BCUT2D eigenvalue weighted by atomic mass is 19.3. The largest absolute Gasteiger partial charge is 0.442 e. The standard InChI is InChI=1S/C16H19F4N5O3/c17-11-5-9(6-12(18)13(11)24-3-1-22-23-2-4-24)25-8-10(28-16(25)27)7-21-15(26)14(19)20/h5-6,10,14,22-23H,1-4,7-8H2,(H,21,26). The van der Waals surface area contributed by atoms with E-state index in [-0.39, 0.29) is 24.5 Å². The topological polar surface area (TPSA) is 85.9 Å². The highest BCUT2D eigenvalue weighted by molar-refractivity contribution is 5.90. The molecule has 12 heteroatoms. The Morgan fingerprint density at radius 2 is 1.82 bits per heavy atom. The van der Waals surface area contributed by atoms with Gasteiger partial charge in [0, 0.05) is 38.3 Å². The Morgan fingerprint density at radius 3 is 2.39 bits per heavy atom. The number of carbonyl (C=O) groups excluding carboxylic acids is 2. The molecule has 1 aromatic rings. The van der Waals surface area contributed by atoms with Gasteiger partial charge in [-0.2, -0.15) is 8.78 Å². The summed E-state index contributed by atoms with van der Waals surface area (Å²) in [7, 11) is 0. The molecule has 2 aliphatic rings. The van der Waals surface area contributed by atoms with Gasteiger partial charge in [0.2, 0.25) is 0 Å². The number of benzene rings is 1. The van der Waals surface area contributed by atoms with Gasteiger partial charge in [0.25, 0.3) is 5.91 Å². The lowest BCUT2D eigenvalue weighted by Crippen LogP contribution is -2.37. The van der Waals surface area contributed by atoms with E-state index in [2.05, 4.69) is 10.9 Å². The number of hydrogen-bond acceptors (Lipinski definition) is 6. The zero-order valence-electron chi connectivity index (χ0n) is 14.7. The third-order valence-corrected chi connectivity index (χ3v) is 4.34. The van der Waals surface area contributed by atoms with Crippen LogP contribution < -0.4 is 26.0 Å². The summed E-state index contributed by atoms with van der Waals surface area (Å²) in [6, 6.07) is 2.04. The van der Waals surface area contributed by atoms with Gasteiger partial charge in [-0.15, -0.1) is 0 Å². The van der Waals surface area contributed by atoms with Crippen LogP contribution in [0.15, 0.2) is 12.1 Å². The van der Waals surface area contributed by atoms with Crippen molar-refractivity contribution >= 4 is 23.4 Å². The molecule has 0 spiro atoms. The second-order valence-electron chi connectivity index (χ2n) is 6.26. The van der Waals surface area contributed by atoms with E-state index in [9.17, 15) is 27.2 Å². The van der Waals surface area contributed by atoms with Crippen molar-refractivity contribution in [2.24, 2.45) is 0 Å². The maximum atomic E-state index is 14.6. The van der Waals surface area contributed by atoms with Crippen molar-refractivity contribution in [1.82, 2.24) is 16.2 Å². The Morgan fingerprint density at radius 1 is 1.21 bits per heavy atom. The van der Waals surface area contributed by atoms with E-state index in [4.69, 9.17) is 4.74 Å². The van der Waals surface area contributed by atoms with Crippen LogP contribution in [0.2, 0.25) is 0 Å². The summed E-state index contributed by atoms with van der Waals surface area (Å²) in [5, 5.41) is 1.94. The predicted molar refractivity (Wildman–Crippen MR) is 91.2 cm³/mol.